The number of fused-ring (bicyclic) bond motifs is 4. The minimum Gasteiger partial charge on any atom is -0.458 e. The third-order valence-electron chi connectivity index (χ3n) is 5.66. The molecule has 0 saturated carbocycles. The second-order valence-electron chi connectivity index (χ2n) is 7.47. The van der Waals surface area contributed by atoms with Crippen molar-refractivity contribution in [3.63, 3.8) is 0 Å². The highest BCUT2D eigenvalue weighted by Gasteiger charge is 2.38. The van der Waals surface area contributed by atoms with Crippen LogP contribution >= 0.6 is 11.8 Å². The number of rotatable bonds is 1. The van der Waals surface area contributed by atoms with Crippen LogP contribution in [0.3, 0.4) is 0 Å². The van der Waals surface area contributed by atoms with Gasteiger partial charge in [-0.1, -0.05) is 83.5 Å². The standard InChI is InChI=1S/C25H17BOS/c1-16-10-13-23-20(14-16)26-19-12-11-18(17-6-3-2-4-7-17)15-22(19)27-21-8-5-9-24(28-23)25(21)26/h2-15H,1H3. The fourth-order valence-corrected chi connectivity index (χ4v) is 5.50. The van der Waals surface area contributed by atoms with E-state index in [4.69, 9.17) is 4.74 Å². The Morgan fingerprint density at radius 1 is 0.679 bits per heavy atom. The summed E-state index contributed by atoms with van der Waals surface area (Å²) < 4.78 is 6.42. The maximum atomic E-state index is 6.42. The fraction of sp³-hybridized carbons (Fsp3) is 0.0400. The van der Waals surface area contributed by atoms with Crippen molar-refractivity contribution in [1.29, 1.82) is 0 Å². The van der Waals surface area contributed by atoms with E-state index in [1.54, 1.807) is 0 Å². The van der Waals surface area contributed by atoms with Crippen LogP contribution in [0.2, 0.25) is 0 Å². The molecule has 4 aromatic carbocycles. The van der Waals surface area contributed by atoms with Gasteiger partial charge in [-0.05, 0) is 53.2 Å². The van der Waals surface area contributed by atoms with Gasteiger partial charge in [0.25, 0.3) is 6.71 Å². The third-order valence-corrected chi connectivity index (χ3v) is 6.83. The van der Waals surface area contributed by atoms with Crippen molar-refractivity contribution in [3.05, 3.63) is 90.5 Å². The molecular weight excluding hydrogens is 359 g/mol. The lowest BCUT2D eigenvalue weighted by atomic mass is 9.35. The summed E-state index contributed by atoms with van der Waals surface area (Å²) in [6.45, 7) is 2.40. The molecule has 4 aromatic rings. The smallest absolute Gasteiger partial charge is 0.253 e. The van der Waals surface area contributed by atoms with E-state index < -0.39 is 0 Å². The number of hydrogen-bond acceptors (Lipinski definition) is 2. The monoisotopic (exact) mass is 376 g/mol. The molecule has 0 radical (unpaired) electrons. The maximum absolute atomic E-state index is 6.42. The first kappa shape index (κ1) is 16.1. The van der Waals surface area contributed by atoms with Crippen LogP contribution in [0.25, 0.3) is 11.1 Å². The summed E-state index contributed by atoms with van der Waals surface area (Å²) in [6, 6.07) is 30.4. The largest absolute Gasteiger partial charge is 0.458 e. The van der Waals surface area contributed by atoms with E-state index in [0.717, 1.165) is 11.5 Å². The lowest BCUT2D eigenvalue weighted by Crippen LogP contribution is -2.57. The molecule has 2 aliphatic heterocycles. The van der Waals surface area contributed by atoms with Gasteiger partial charge in [0, 0.05) is 9.79 Å². The van der Waals surface area contributed by atoms with Crippen LogP contribution in [0.5, 0.6) is 11.5 Å². The van der Waals surface area contributed by atoms with Crippen molar-refractivity contribution in [1.82, 2.24) is 0 Å². The zero-order chi connectivity index (χ0) is 18.7. The molecule has 0 saturated heterocycles. The molecule has 2 aliphatic rings. The van der Waals surface area contributed by atoms with Crippen LogP contribution in [0.1, 0.15) is 5.56 Å². The van der Waals surface area contributed by atoms with E-state index in [1.165, 1.54) is 42.9 Å². The molecule has 28 heavy (non-hydrogen) atoms. The lowest BCUT2D eigenvalue weighted by molar-refractivity contribution is 0.486. The molecule has 1 nitrogen and oxygen atoms in total. The summed E-state index contributed by atoms with van der Waals surface area (Å²) in [6.07, 6.45) is 0. The molecule has 132 valence electrons. The molecule has 0 spiro atoms. The zero-order valence-electron chi connectivity index (χ0n) is 15.5. The number of benzene rings is 4. The van der Waals surface area contributed by atoms with Crippen molar-refractivity contribution < 1.29 is 4.74 Å². The van der Waals surface area contributed by atoms with Crippen LogP contribution in [0.4, 0.5) is 0 Å². The summed E-state index contributed by atoms with van der Waals surface area (Å²) in [5.74, 6) is 1.95. The number of aryl methyl sites for hydroxylation is 1. The molecule has 0 unspecified atom stereocenters. The third kappa shape index (κ3) is 2.36. The van der Waals surface area contributed by atoms with Gasteiger partial charge in [-0.2, -0.15) is 0 Å². The topological polar surface area (TPSA) is 9.23 Å². The van der Waals surface area contributed by atoms with E-state index in [9.17, 15) is 0 Å². The summed E-state index contributed by atoms with van der Waals surface area (Å²) in [5, 5.41) is 0. The van der Waals surface area contributed by atoms with Crippen molar-refractivity contribution in [2.75, 3.05) is 0 Å². The zero-order valence-corrected chi connectivity index (χ0v) is 16.3. The molecule has 0 aromatic heterocycles. The molecule has 3 heteroatoms. The van der Waals surface area contributed by atoms with E-state index in [-0.39, 0.29) is 6.71 Å². The fourth-order valence-electron chi connectivity index (χ4n) is 4.36. The highest BCUT2D eigenvalue weighted by atomic mass is 32.2. The lowest BCUT2D eigenvalue weighted by Gasteiger charge is -2.33. The van der Waals surface area contributed by atoms with Gasteiger partial charge in [0.15, 0.2) is 0 Å². The Bertz CT molecular complexity index is 1230. The van der Waals surface area contributed by atoms with E-state index in [1.807, 2.05) is 11.8 Å². The number of hydrogen-bond donors (Lipinski definition) is 0. The predicted molar refractivity (Wildman–Crippen MR) is 118 cm³/mol. The summed E-state index contributed by atoms with van der Waals surface area (Å²) in [5.41, 5.74) is 7.66. The van der Waals surface area contributed by atoms with Gasteiger partial charge in [0.2, 0.25) is 0 Å². The first-order chi connectivity index (χ1) is 13.8. The first-order valence-corrected chi connectivity index (χ1v) is 10.4. The highest BCUT2D eigenvalue weighted by Crippen LogP contribution is 2.37. The molecular formula is C25H17BOS. The second kappa shape index (κ2) is 6.05. The van der Waals surface area contributed by atoms with Gasteiger partial charge in [-0.25, -0.2) is 0 Å². The van der Waals surface area contributed by atoms with Crippen LogP contribution < -0.4 is 21.1 Å². The molecule has 2 heterocycles. The summed E-state index contributed by atoms with van der Waals surface area (Å²) >= 11 is 1.85. The van der Waals surface area contributed by atoms with Gasteiger partial charge in [0.1, 0.15) is 11.5 Å². The van der Waals surface area contributed by atoms with Crippen molar-refractivity contribution in [2.45, 2.75) is 16.7 Å². The van der Waals surface area contributed by atoms with Crippen LogP contribution in [-0.2, 0) is 0 Å². The van der Waals surface area contributed by atoms with E-state index >= 15 is 0 Å². The average Bonchev–Trinajstić information content (AvgIpc) is 2.74. The van der Waals surface area contributed by atoms with Crippen molar-refractivity contribution >= 4 is 34.9 Å². The molecule has 0 amide bonds. The Labute approximate surface area is 169 Å². The number of ether oxygens (including phenoxy) is 1. The van der Waals surface area contributed by atoms with Gasteiger partial charge in [-0.3, -0.25) is 0 Å². The predicted octanol–water partition coefficient (Wildman–Crippen LogP) is 4.75. The summed E-state index contributed by atoms with van der Waals surface area (Å²) in [4.78, 5) is 2.65. The average molecular weight is 376 g/mol. The van der Waals surface area contributed by atoms with Gasteiger partial charge in [-0.15, -0.1) is 0 Å². The Kier molecular flexibility index (Phi) is 3.47. The first-order valence-electron chi connectivity index (χ1n) is 9.56. The molecule has 0 bridgehead atoms. The van der Waals surface area contributed by atoms with E-state index in [0.29, 0.717) is 0 Å². The molecule has 6 rings (SSSR count). The van der Waals surface area contributed by atoms with Crippen LogP contribution in [0.15, 0.2) is 94.7 Å². The molecule has 0 N–H and O–H groups in total. The Morgan fingerprint density at radius 3 is 2.46 bits per heavy atom. The SMILES string of the molecule is Cc1ccc2c(c1)B1c3ccc(-c4ccccc4)cc3Oc3cccc(c31)S2. The van der Waals surface area contributed by atoms with Gasteiger partial charge in [0.05, 0.1) is 0 Å². The van der Waals surface area contributed by atoms with Gasteiger partial charge < -0.3 is 4.74 Å². The maximum Gasteiger partial charge on any atom is 0.253 e. The van der Waals surface area contributed by atoms with Crippen LogP contribution in [-0.4, -0.2) is 6.71 Å². The molecule has 0 aliphatic carbocycles. The Balaban J connectivity index is 1.59. The summed E-state index contributed by atoms with van der Waals surface area (Å²) in [7, 11) is 0. The normalized spacial score (nSPS) is 13.2. The van der Waals surface area contributed by atoms with E-state index in [2.05, 4.69) is 91.9 Å². The molecule has 0 atom stereocenters. The quantitative estimate of drug-likeness (QED) is 0.383. The second-order valence-corrected chi connectivity index (χ2v) is 8.55. The minimum absolute atomic E-state index is 0.232. The Morgan fingerprint density at radius 2 is 1.57 bits per heavy atom. The van der Waals surface area contributed by atoms with Gasteiger partial charge >= 0.3 is 0 Å². The molecule has 0 fully saturated rings. The van der Waals surface area contributed by atoms with Crippen molar-refractivity contribution in [3.8, 4) is 22.6 Å². The highest BCUT2D eigenvalue weighted by molar-refractivity contribution is 8.00. The Hall–Kier alpha value is -2.91. The minimum atomic E-state index is 0.232. The van der Waals surface area contributed by atoms with Crippen molar-refractivity contribution in [2.24, 2.45) is 0 Å². The van der Waals surface area contributed by atoms with Crippen LogP contribution in [0, 0.1) is 6.92 Å².